The predicted molar refractivity (Wildman–Crippen MR) is 122 cm³/mol. The fraction of sp³-hybridized carbons (Fsp3) is 0.481. The Hall–Kier alpha value is -2.29. The van der Waals surface area contributed by atoms with E-state index < -0.39 is 0 Å². The minimum atomic E-state index is -0.222. The highest BCUT2D eigenvalue weighted by Crippen LogP contribution is 2.28. The SMILES string of the molecule is CC[C@H](CCCCCCc1ccc2c(n1)CCCC2)c1cnc2cc(F)ccc2c1. The largest absolute Gasteiger partial charge is 0.258 e. The van der Waals surface area contributed by atoms with Gasteiger partial charge >= 0.3 is 0 Å². The van der Waals surface area contributed by atoms with Crippen molar-refractivity contribution in [1.82, 2.24) is 9.97 Å². The first kappa shape index (κ1) is 21.0. The van der Waals surface area contributed by atoms with Crippen molar-refractivity contribution >= 4 is 10.9 Å². The van der Waals surface area contributed by atoms with Crippen LogP contribution in [-0.4, -0.2) is 9.97 Å². The number of aromatic nitrogens is 2. The molecule has 3 heteroatoms. The number of pyridine rings is 2. The lowest BCUT2D eigenvalue weighted by atomic mass is 9.91. The zero-order valence-electron chi connectivity index (χ0n) is 18.2. The van der Waals surface area contributed by atoms with Crippen molar-refractivity contribution in [3.8, 4) is 0 Å². The number of halogens is 1. The molecule has 0 aliphatic heterocycles. The molecule has 0 bridgehead atoms. The summed E-state index contributed by atoms with van der Waals surface area (Å²) in [6, 6.07) is 11.6. The van der Waals surface area contributed by atoms with Gasteiger partial charge in [0.2, 0.25) is 0 Å². The van der Waals surface area contributed by atoms with Crippen LogP contribution in [0.3, 0.4) is 0 Å². The minimum absolute atomic E-state index is 0.222. The third kappa shape index (κ3) is 5.24. The van der Waals surface area contributed by atoms with E-state index in [0.717, 1.165) is 23.7 Å². The first-order chi connectivity index (χ1) is 14.7. The van der Waals surface area contributed by atoms with Gasteiger partial charge in [-0.2, -0.15) is 0 Å². The molecule has 4 rings (SSSR count). The maximum Gasteiger partial charge on any atom is 0.125 e. The van der Waals surface area contributed by atoms with Gasteiger partial charge in [0.05, 0.1) is 5.52 Å². The van der Waals surface area contributed by atoms with E-state index in [9.17, 15) is 4.39 Å². The van der Waals surface area contributed by atoms with Crippen LogP contribution in [0.25, 0.3) is 10.9 Å². The van der Waals surface area contributed by atoms with Crippen LogP contribution in [0.4, 0.5) is 4.39 Å². The number of nitrogens with zero attached hydrogens (tertiary/aromatic N) is 2. The lowest BCUT2D eigenvalue weighted by Gasteiger charge is -2.16. The Morgan fingerprint density at radius 1 is 0.967 bits per heavy atom. The first-order valence-corrected chi connectivity index (χ1v) is 11.8. The Kier molecular flexibility index (Phi) is 7.09. The maximum absolute atomic E-state index is 13.4. The molecule has 1 aliphatic rings. The van der Waals surface area contributed by atoms with Crippen molar-refractivity contribution in [1.29, 1.82) is 0 Å². The van der Waals surface area contributed by atoms with Crippen molar-refractivity contribution < 1.29 is 4.39 Å². The molecule has 0 saturated heterocycles. The van der Waals surface area contributed by atoms with Crippen LogP contribution >= 0.6 is 0 Å². The third-order valence-corrected chi connectivity index (χ3v) is 6.60. The van der Waals surface area contributed by atoms with Crippen molar-refractivity contribution in [2.45, 2.75) is 83.5 Å². The van der Waals surface area contributed by atoms with E-state index in [1.165, 1.54) is 92.4 Å². The second kappa shape index (κ2) is 10.1. The van der Waals surface area contributed by atoms with Crippen LogP contribution in [0, 0.1) is 5.82 Å². The molecular weight excluding hydrogens is 371 g/mol. The van der Waals surface area contributed by atoms with Crippen LogP contribution < -0.4 is 0 Å². The van der Waals surface area contributed by atoms with Gasteiger partial charge in [0.25, 0.3) is 0 Å². The summed E-state index contributed by atoms with van der Waals surface area (Å²) in [6.07, 6.45) is 15.4. The molecule has 1 aliphatic carbocycles. The second-order valence-corrected chi connectivity index (χ2v) is 8.78. The number of unbranched alkanes of at least 4 members (excludes halogenated alkanes) is 3. The van der Waals surface area contributed by atoms with Gasteiger partial charge in [-0.05, 0) is 92.7 Å². The highest BCUT2D eigenvalue weighted by Gasteiger charge is 2.12. The Morgan fingerprint density at radius 3 is 2.73 bits per heavy atom. The third-order valence-electron chi connectivity index (χ3n) is 6.60. The molecule has 2 nitrogen and oxygen atoms in total. The van der Waals surface area contributed by atoms with Crippen molar-refractivity contribution in [3.05, 3.63) is 70.9 Å². The average molecular weight is 405 g/mol. The minimum Gasteiger partial charge on any atom is -0.258 e. The van der Waals surface area contributed by atoms with Gasteiger partial charge in [-0.15, -0.1) is 0 Å². The van der Waals surface area contributed by atoms with E-state index in [0.29, 0.717) is 5.92 Å². The summed E-state index contributed by atoms with van der Waals surface area (Å²) >= 11 is 0. The number of fused-ring (bicyclic) bond motifs is 2. The van der Waals surface area contributed by atoms with Crippen LogP contribution in [0.15, 0.2) is 42.6 Å². The Labute approximate surface area is 180 Å². The molecule has 2 aromatic heterocycles. The topological polar surface area (TPSA) is 25.8 Å². The summed E-state index contributed by atoms with van der Waals surface area (Å²) in [4.78, 5) is 9.40. The van der Waals surface area contributed by atoms with Crippen LogP contribution in [-0.2, 0) is 19.3 Å². The molecular formula is C27H33FN2. The van der Waals surface area contributed by atoms with Gasteiger partial charge in [-0.1, -0.05) is 32.3 Å². The molecule has 1 aromatic carbocycles. The molecule has 158 valence electrons. The molecule has 0 fully saturated rings. The van der Waals surface area contributed by atoms with E-state index in [4.69, 9.17) is 4.98 Å². The first-order valence-electron chi connectivity index (χ1n) is 11.8. The molecule has 0 unspecified atom stereocenters. The smallest absolute Gasteiger partial charge is 0.125 e. The van der Waals surface area contributed by atoms with Crippen LogP contribution in [0.2, 0.25) is 0 Å². The van der Waals surface area contributed by atoms with Crippen molar-refractivity contribution in [3.63, 3.8) is 0 Å². The molecule has 0 spiro atoms. The number of benzene rings is 1. The number of rotatable bonds is 9. The quantitative estimate of drug-likeness (QED) is 0.349. The highest BCUT2D eigenvalue weighted by atomic mass is 19.1. The average Bonchev–Trinajstić information content (AvgIpc) is 2.78. The molecule has 2 heterocycles. The second-order valence-electron chi connectivity index (χ2n) is 8.78. The fourth-order valence-electron chi connectivity index (χ4n) is 4.76. The summed E-state index contributed by atoms with van der Waals surface area (Å²) in [5.41, 5.74) is 6.14. The highest BCUT2D eigenvalue weighted by molar-refractivity contribution is 5.79. The van der Waals surface area contributed by atoms with Crippen LogP contribution in [0.1, 0.15) is 86.7 Å². The normalized spacial score (nSPS) is 14.6. The zero-order valence-corrected chi connectivity index (χ0v) is 18.2. The summed E-state index contributed by atoms with van der Waals surface area (Å²) < 4.78 is 13.4. The molecule has 0 saturated carbocycles. The standard InChI is InChI=1S/C27H33FN2/c1-2-20(23-17-22-13-15-24(28)18-27(22)29-19-23)9-5-3-4-6-11-25-16-14-21-10-7-8-12-26(21)30-25/h13-20H,2-12H2,1H3/t20-/m1/s1. The van der Waals surface area contributed by atoms with E-state index in [-0.39, 0.29) is 5.82 Å². The molecule has 1 atom stereocenters. The Balaban J connectivity index is 1.22. The van der Waals surface area contributed by atoms with Crippen molar-refractivity contribution in [2.24, 2.45) is 0 Å². The number of aryl methyl sites for hydroxylation is 3. The van der Waals surface area contributed by atoms with Gasteiger partial charge in [-0.25, -0.2) is 4.39 Å². The van der Waals surface area contributed by atoms with E-state index in [2.05, 4.69) is 30.1 Å². The van der Waals surface area contributed by atoms with Gasteiger partial charge in [-0.3, -0.25) is 9.97 Å². The lowest BCUT2D eigenvalue weighted by molar-refractivity contribution is 0.535. The van der Waals surface area contributed by atoms with Gasteiger partial charge in [0.15, 0.2) is 0 Å². The monoisotopic (exact) mass is 404 g/mol. The van der Waals surface area contributed by atoms with Gasteiger partial charge in [0, 0.05) is 29.0 Å². The summed E-state index contributed by atoms with van der Waals surface area (Å²) in [5.74, 6) is 0.314. The Bertz CT molecular complexity index is 982. The summed E-state index contributed by atoms with van der Waals surface area (Å²) in [7, 11) is 0. The van der Waals surface area contributed by atoms with Crippen molar-refractivity contribution in [2.75, 3.05) is 0 Å². The summed E-state index contributed by atoms with van der Waals surface area (Å²) in [6.45, 7) is 2.25. The van der Waals surface area contributed by atoms with E-state index in [1.54, 1.807) is 0 Å². The molecule has 30 heavy (non-hydrogen) atoms. The summed E-state index contributed by atoms with van der Waals surface area (Å²) in [5, 5.41) is 1.03. The Morgan fingerprint density at radius 2 is 1.83 bits per heavy atom. The lowest BCUT2D eigenvalue weighted by Crippen LogP contribution is -2.07. The molecule has 3 aromatic rings. The molecule has 0 radical (unpaired) electrons. The zero-order chi connectivity index (χ0) is 20.8. The van der Waals surface area contributed by atoms with Gasteiger partial charge < -0.3 is 0 Å². The van der Waals surface area contributed by atoms with Gasteiger partial charge in [0.1, 0.15) is 5.82 Å². The number of hydrogen-bond donors (Lipinski definition) is 0. The fourth-order valence-corrected chi connectivity index (χ4v) is 4.76. The number of hydrogen-bond acceptors (Lipinski definition) is 2. The van der Waals surface area contributed by atoms with Crippen LogP contribution in [0.5, 0.6) is 0 Å². The van der Waals surface area contributed by atoms with E-state index in [1.807, 2.05) is 12.3 Å². The van der Waals surface area contributed by atoms with E-state index >= 15 is 0 Å². The predicted octanol–water partition coefficient (Wildman–Crippen LogP) is 7.33. The maximum atomic E-state index is 13.4. The molecule has 0 amide bonds. The molecule has 0 N–H and O–H groups in total.